The minimum atomic E-state index is -1.07. The molecule has 0 radical (unpaired) electrons. The number of alkyl halides is 1. The molecule has 4 aliphatic rings. The largest absolute Gasteiger partial charge is 0.477 e. The monoisotopic (exact) mass is 413 g/mol. The van der Waals surface area contributed by atoms with Crippen molar-refractivity contribution in [3.63, 3.8) is 0 Å². The summed E-state index contributed by atoms with van der Waals surface area (Å²) in [6.07, 6.45) is 2.92. The molecule has 5 nitrogen and oxygen atoms in total. The summed E-state index contributed by atoms with van der Waals surface area (Å²) in [6.45, 7) is 4.47. The summed E-state index contributed by atoms with van der Waals surface area (Å²) in [7, 11) is 0. The van der Waals surface area contributed by atoms with Crippen LogP contribution in [0.1, 0.15) is 48.5 Å². The number of amides is 1. The second-order valence-corrected chi connectivity index (χ2v) is 9.35. The number of carbonyl (C=O) groups excluding carboxylic acids is 1. The third-order valence-electron chi connectivity index (χ3n) is 7.14. The fourth-order valence-corrected chi connectivity index (χ4v) is 5.61. The Morgan fingerprint density at radius 1 is 1.27 bits per heavy atom. The summed E-state index contributed by atoms with van der Waals surface area (Å²) in [4.78, 5) is 23.3. The summed E-state index contributed by atoms with van der Waals surface area (Å²) in [6, 6.07) is 5.77. The first-order valence-corrected chi connectivity index (χ1v) is 10.4. The molecule has 6 rings (SSSR count). The lowest BCUT2D eigenvalue weighted by molar-refractivity contribution is -0.226. The number of rotatable bonds is 5. The van der Waals surface area contributed by atoms with Gasteiger partial charge in [-0.3, -0.25) is 4.79 Å². The highest BCUT2D eigenvalue weighted by Gasteiger charge is 2.72. The SMILES string of the molecule is Cc1ncnc(OCC23CC(C(=O)N4CC(F)CC4c4cccc(F)c4)(C2)C3)c1C. The number of benzene rings is 1. The van der Waals surface area contributed by atoms with E-state index < -0.39 is 17.6 Å². The number of ether oxygens (including phenoxy) is 1. The predicted octanol–water partition coefficient (Wildman–Crippen LogP) is 4.09. The van der Waals surface area contributed by atoms with Gasteiger partial charge in [0.1, 0.15) is 18.3 Å². The Balaban J connectivity index is 1.25. The molecule has 2 aromatic rings. The number of aromatic nitrogens is 2. The number of likely N-dealkylation sites (tertiary alicyclic amines) is 1. The Morgan fingerprint density at radius 2 is 2.03 bits per heavy atom. The Kier molecular flexibility index (Phi) is 4.35. The molecule has 3 aliphatic carbocycles. The van der Waals surface area contributed by atoms with Crippen LogP contribution in [-0.2, 0) is 4.79 Å². The van der Waals surface area contributed by atoms with Gasteiger partial charge < -0.3 is 9.64 Å². The van der Waals surface area contributed by atoms with Gasteiger partial charge in [-0.15, -0.1) is 0 Å². The van der Waals surface area contributed by atoms with Gasteiger partial charge in [-0.1, -0.05) is 12.1 Å². The molecule has 1 amide bonds. The molecule has 2 atom stereocenters. The van der Waals surface area contributed by atoms with Crippen LogP contribution in [0.4, 0.5) is 8.78 Å². The van der Waals surface area contributed by atoms with Gasteiger partial charge in [-0.25, -0.2) is 18.7 Å². The third-order valence-corrected chi connectivity index (χ3v) is 7.14. The van der Waals surface area contributed by atoms with E-state index in [0.29, 0.717) is 18.1 Å². The van der Waals surface area contributed by atoms with Gasteiger partial charge in [0, 0.05) is 23.1 Å². The maximum Gasteiger partial charge on any atom is 0.229 e. The lowest BCUT2D eigenvalue weighted by Crippen LogP contribution is -2.69. The van der Waals surface area contributed by atoms with Gasteiger partial charge >= 0.3 is 0 Å². The Bertz CT molecular complexity index is 992. The smallest absolute Gasteiger partial charge is 0.229 e. The molecular formula is C23H25F2N3O2. The van der Waals surface area contributed by atoms with Crippen molar-refractivity contribution in [2.24, 2.45) is 10.8 Å². The maximum absolute atomic E-state index is 14.2. The predicted molar refractivity (Wildman–Crippen MR) is 106 cm³/mol. The summed E-state index contributed by atoms with van der Waals surface area (Å²) < 4.78 is 33.9. The van der Waals surface area contributed by atoms with E-state index in [1.54, 1.807) is 17.0 Å². The number of aryl methyl sites for hydroxylation is 1. The molecule has 3 saturated carbocycles. The third kappa shape index (κ3) is 2.97. The fraction of sp³-hybridized carbons (Fsp3) is 0.522. The minimum absolute atomic E-state index is 0.00411. The summed E-state index contributed by atoms with van der Waals surface area (Å²) in [5, 5.41) is 0. The van der Waals surface area contributed by atoms with Crippen LogP contribution in [-0.4, -0.2) is 40.1 Å². The van der Waals surface area contributed by atoms with Crippen molar-refractivity contribution in [1.82, 2.24) is 14.9 Å². The van der Waals surface area contributed by atoms with Crippen LogP contribution in [0.3, 0.4) is 0 Å². The maximum atomic E-state index is 14.2. The van der Waals surface area contributed by atoms with E-state index >= 15 is 0 Å². The van der Waals surface area contributed by atoms with E-state index in [-0.39, 0.29) is 30.1 Å². The van der Waals surface area contributed by atoms with E-state index in [1.165, 1.54) is 18.5 Å². The topological polar surface area (TPSA) is 55.3 Å². The average molecular weight is 413 g/mol. The summed E-state index contributed by atoms with van der Waals surface area (Å²) >= 11 is 0. The van der Waals surface area contributed by atoms with Crippen molar-refractivity contribution in [2.75, 3.05) is 13.2 Å². The van der Waals surface area contributed by atoms with E-state index in [0.717, 1.165) is 30.5 Å². The normalized spacial score (nSPS) is 31.8. The second kappa shape index (κ2) is 6.72. The van der Waals surface area contributed by atoms with Crippen LogP contribution in [0.25, 0.3) is 0 Å². The van der Waals surface area contributed by atoms with Gasteiger partial charge in [-0.2, -0.15) is 0 Å². The minimum Gasteiger partial charge on any atom is -0.477 e. The number of hydrogen-bond acceptors (Lipinski definition) is 4. The molecule has 1 aliphatic heterocycles. The van der Waals surface area contributed by atoms with Gasteiger partial charge in [0.25, 0.3) is 0 Å². The average Bonchev–Trinajstić information content (AvgIpc) is 3.04. The second-order valence-electron chi connectivity index (χ2n) is 9.35. The molecule has 2 unspecified atom stereocenters. The highest BCUT2D eigenvalue weighted by atomic mass is 19.1. The molecule has 0 N–H and O–H groups in total. The molecule has 4 fully saturated rings. The van der Waals surface area contributed by atoms with Gasteiger partial charge in [-0.05, 0) is 50.8 Å². The molecule has 0 spiro atoms. The molecule has 7 heteroatoms. The first-order valence-electron chi connectivity index (χ1n) is 10.4. The number of carbonyl (C=O) groups is 1. The van der Waals surface area contributed by atoms with Gasteiger partial charge in [0.05, 0.1) is 24.6 Å². The molecule has 1 saturated heterocycles. The molecule has 2 heterocycles. The van der Waals surface area contributed by atoms with E-state index in [1.807, 2.05) is 13.8 Å². The number of halogens is 2. The first-order chi connectivity index (χ1) is 14.3. The van der Waals surface area contributed by atoms with E-state index in [9.17, 15) is 13.6 Å². The Morgan fingerprint density at radius 3 is 2.77 bits per heavy atom. The van der Waals surface area contributed by atoms with E-state index in [2.05, 4.69) is 9.97 Å². The van der Waals surface area contributed by atoms with Crippen LogP contribution in [0.15, 0.2) is 30.6 Å². The van der Waals surface area contributed by atoms with Crippen LogP contribution in [0.2, 0.25) is 0 Å². The molecule has 30 heavy (non-hydrogen) atoms. The molecule has 158 valence electrons. The van der Waals surface area contributed by atoms with Crippen molar-refractivity contribution in [3.05, 3.63) is 53.2 Å². The Labute approximate surface area is 174 Å². The highest BCUT2D eigenvalue weighted by molar-refractivity contribution is 5.87. The van der Waals surface area contributed by atoms with Crippen LogP contribution in [0, 0.1) is 30.5 Å². The number of hydrogen-bond donors (Lipinski definition) is 0. The summed E-state index contributed by atoms with van der Waals surface area (Å²) in [5.74, 6) is 0.241. The van der Waals surface area contributed by atoms with Crippen LogP contribution < -0.4 is 4.74 Å². The summed E-state index contributed by atoms with van der Waals surface area (Å²) in [5.41, 5.74) is 2.09. The zero-order valence-corrected chi connectivity index (χ0v) is 17.2. The molecule has 1 aromatic heterocycles. The molecule has 1 aromatic carbocycles. The van der Waals surface area contributed by atoms with Crippen molar-refractivity contribution < 1.29 is 18.3 Å². The highest BCUT2D eigenvalue weighted by Crippen LogP contribution is 2.74. The standard InChI is InChI=1S/C23H25F2N3O2/c1-14-15(2)26-13-27-20(14)30-12-22-9-23(10-22,11-22)21(29)28-8-18(25)7-19(28)16-4-3-5-17(24)6-16/h3-6,13,18-19H,7-12H2,1-2H3. The zero-order chi connectivity index (χ0) is 21.1. The molecule has 2 bridgehead atoms. The quantitative estimate of drug-likeness (QED) is 0.741. The van der Waals surface area contributed by atoms with Gasteiger partial charge in [0.2, 0.25) is 11.8 Å². The van der Waals surface area contributed by atoms with Crippen LogP contribution >= 0.6 is 0 Å². The lowest BCUT2D eigenvalue weighted by Gasteiger charge is -2.69. The molecular weight excluding hydrogens is 388 g/mol. The number of nitrogens with zero attached hydrogens (tertiary/aromatic N) is 3. The van der Waals surface area contributed by atoms with Gasteiger partial charge in [0.15, 0.2) is 0 Å². The van der Waals surface area contributed by atoms with Crippen molar-refractivity contribution in [2.45, 2.75) is 51.7 Å². The van der Waals surface area contributed by atoms with Crippen molar-refractivity contribution in [1.29, 1.82) is 0 Å². The van der Waals surface area contributed by atoms with E-state index in [4.69, 9.17) is 4.74 Å². The van der Waals surface area contributed by atoms with Crippen molar-refractivity contribution >= 4 is 5.91 Å². The Hall–Kier alpha value is -2.57. The fourth-order valence-electron chi connectivity index (χ4n) is 5.61. The first kappa shape index (κ1) is 19.4. The zero-order valence-electron chi connectivity index (χ0n) is 17.2. The lowest BCUT2D eigenvalue weighted by atomic mass is 9.35. The van der Waals surface area contributed by atoms with Crippen LogP contribution in [0.5, 0.6) is 5.88 Å². The van der Waals surface area contributed by atoms with Crippen molar-refractivity contribution in [3.8, 4) is 5.88 Å².